The van der Waals surface area contributed by atoms with Crippen molar-refractivity contribution >= 4 is 23.6 Å². The van der Waals surface area contributed by atoms with Crippen molar-refractivity contribution in [3.8, 4) is 11.5 Å². The van der Waals surface area contributed by atoms with Crippen molar-refractivity contribution in [1.82, 2.24) is 21.5 Å². The van der Waals surface area contributed by atoms with Crippen LogP contribution in [0, 0.1) is 11.8 Å². The van der Waals surface area contributed by atoms with Gasteiger partial charge < -0.3 is 20.1 Å². The van der Waals surface area contributed by atoms with Gasteiger partial charge in [0.15, 0.2) is 0 Å². The van der Waals surface area contributed by atoms with Crippen LogP contribution in [0.5, 0.6) is 11.5 Å². The van der Waals surface area contributed by atoms with E-state index in [1.807, 2.05) is 13.8 Å². The predicted octanol–water partition coefficient (Wildman–Crippen LogP) is 2.84. The van der Waals surface area contributed by atoms with E-state index in [-0.39, 0.29) is 11.8 Å². The van der Waals surface area contributed by atoms with E-state index in [9.17, 15) is 19.2 Å². The summed E-state index contributed by atoms with van der Waals surface area (Å²) in [6.45, 7) is 11.9. The third-order valence-electron chi connectivity index (χ3n) is 5.64. The number of nitrogens with one attached hydrogen (secondary N) is 4. The van der Waals surface area contributed by atoms with Gasteiger partial charge in [-0.15, -0.1) is 0 Å². The molecule has 0 bridgehead atoms. The first-order valence-electron chi connectivity index (χ1n) is 12.7. The van der Waals surface area contributed by atoms with Crippen molar-refractivity contribution in [2.24, 2.45) is 11.8 Å². The average molecular weight is 527 g/mol. The van der Waals surface area contributed by atoms with Crippen molar-refractivity contribution in [3.63, 3.8) is 0 Å². The Morgan fingerprint density at radius 3 is 1.18 bits per heavy atom. The molecule has 0 aliphatic rings. The average Bonchev–Trinajstić information content (AvgIpc) is 2.89. The molecule has 38 heavy (non-hydrogen) atoms. The summed E-state index contributed by atoms with van der Waals surface area (Å²) in [7, 11) is 0. The number of ether oxygens (including phenoxy) is 2. The summed E-state index contributed by atoms with van der Waals surface area (Å²) in [5.41, 5.74) is 5.49. The number of hydrogen-bond donors (Lipinski definition) is 4. The second-order valence-electron chi connectivity index (χ2n) is 9.28. The Hall–Kier alpha value is -4.08. The molecule has 0 saturated heterocycles. The lowest BCUT2D eigenvalue weighted by Crippen LogP contribution is -2.58. The number of carbonyl (C=O) groups is 4. The van der Waals surface area contributed by atoms with Gasteiger partial charge >= 0.3 is 0 Å². The van der Waals surface area contributed by atoms with Crippen LogP contribution in [0.25, 0.3) is 0 Å². The third-order valence-corrected chi connectivity index (χ3v) is 5.64. The number of amides is 4. The standard InChI is InChI=1S/C28H38N4O6/c1-7-37-21-13-9-19(10-14-21)25(33)29-23(17(3)4)27(35)31-32-28(36)24(18(5)6)30-26(34)20-11-15-22(16-12-20)38-8-2/h9-18,23-24H,7-8H2,1-6H3,(H,29,33)(H,30,34)(H,31,35)(H,32,36)/t23-,24-/m1/s1. The van der Waals surface area contributed by atoms with Crippen molar-refractivity contribution in [3.05, 3.63) is 59.7 Å². The highest BCUT2D eigenvalue weighted by atomic mass is 16.5. The van der Waals surface area contributed by atoms with Gasteiger partial charge in [-0.2, -0.15) is 0 Å². The Balaban J connectivity index is 1.98. The van der Waals surface area contributed by atoms with E-state index in [0.717, 1.165) is 0 Å². The van der Waals surface area contributed by atoms with Crippen molar-refractivity contribution in [2.45, 2.75) is 53.6 Å². The lowest BCUT2D eigenvalue weighted by Gasteiger charge is -2.24. The van der Waals surface area contributed by atoms with E-state index >= 15 is 0 Å². The van der Waals surface area contributed by atoms with E-state index in [2.05, 4.69) is 21.5 Å². The highest BCUT2D eigenvalue weighted by molar-refractivity contribution is 5.99. The molecule has 0 aliphatic carbocycles. The molecule has 0 spiro atoms. The fraction of sp³-hybridized carbons (Fsp3) is 0.429. The molecular weight excluding hydrogens is 488 g/mol. The van der Waals surface area contributed by atoms with Gasteiger partial charge in [0.25, 0.3) is 23.6 Å². The third kappa shape index (κ3) is 8.79. The Morgan fingerprint density at radius 2 is 0.921 bits per heavy atom. The molecule has 206 valence electrons. The molecule has 0 aromatic heterocycles. The minimum Gasteiger partial charge on any atom is -0.494 e. The van der Waals surface area contributed by atoms with Gasteiger partial charge in [0.05, 0.1) is 13.2 Å². The molecule has 0 aliphatic heterocycles. The van der Waals surface area contributed by atoms with Gasteiger partial charge in [-0.25, -0.2) is 0 Å². The van der Waals surface area contributed by atoms with Crippen LogP contribution in [-0.2, 0) is 9.59 Å². The molecule has 10 nitrogen and oxygen atoms in total. The molecule has 2 aromatic carbocycles. The Morgan fingerprint density at radius 1 is 0.605 bits per heavy atom. The van der Waals surface area contributed by atoms with E-state index in [0.29, 0.717) is 35.8 Å². The van der Waals surface area contributed by atoms with Crippen LogP contribution in [0.3, 0.4) is 0 Å². The largest absolute Gasteiger partial charge is 0.494 e. The SMILES string of the molecule is CCOc1ccc(C(=O)N[C@@H](C(=O)NNC(=O)[C@H](NC(=O)c2ccc(OCC)cc2)C(C)C)C(C)C)cc1. The molecule has 2 rings (SSSR count). The Labute approximate surface area is 223 Å². The summed E-state index contributed by atoms with van der Waals surface area (Å²) in [4.78, 5) is 51.1. The zero-order valence-corrected chi connectivity index (χ0v) is 22.8. The lowest BCUT2D eigenvalue weighted by molar-refractivity contribution is -0.131. The van der Waals surface area contributed by atoms with Gasteiger partial charge in [-0.3, -0.25) is 30.0 Å². The summed E-state index contributed by atoms with van der Waals surface area (Å²) in [6, 6.07) is 11.3. The molecule has 2 aromatic rings. The number of carbonyl (C=O) groups excluding carboxylic acids is 4. The first-order chi connectivity index (χ1) is 18.1. The normalized spacial score (nSPS) is 12.3. The number of rotatable bonds is 12. The molecule has 2 atom stereocenters. The first kappa shape index (κ1) is 30.1. The summed E-state index contributed by atoms with van der Waals surface area (Å²) >= 11 is 0. The highest BCUT2D eigenvalue weighted by Crippen LogP contribution is 2.14. The maximum Gasteiger partial charge on any atom is 0.261 e. The molecule has 0 radical (unpaired) electrons. The van der Waals surface area contributed by atoms with Gasteiger partial charge in [0, 0.05) is 11.1 Å². The Kier molecular flexibility index (Phi) is 11.6. The van der Waals surface area contributed by atoms with E-state index in [1.54, 1.807) is 76.2 Å². The lowest BCUT2D eigenvalue weighted by atomic mass is 10.0. The zero-order valence-electron chi connectivity index (χ0n) is 22.8. The van der Waals surface area contributed by atoms with Gasteiger partial charge in [-0.1, -0.05) is 27.7 Å². The maximum absolute atomic E-state index is 12.9. The smallest absolute Gasteiger partial charge is 0.261 e. The molecule has 10 heteroatoms. The van der Waals surface area contributed by atoms with Crippen molar-refractivity contribution in [2.75, 3.05) is 13.2 Å². The fourth-order valence-corrected chi connectivity index (χ4v) is 3.54. The molecule has 0 heterocycles. The number of benzene rings is 2. The van der Waals surface area contributed by atoms with Crippen LogP contribution in [0.4, 0.5) is 0 Å². The van der Waals surface area contributed by atoms with Crippen LogP contribution in [0.15, 0.2) is 48.5 Å². The molecule has 0 unspecified atom stereocenters. The molecule has 4 amide bonds. The number of hydrogen-bond acceptors (Lipinski definition) is 6. The quantitative estimate of drug-likeness (QED) is 0.314. The summed E-state index contributed by atoms with van der Waals surface area (Å²) in [5, 5.41) is 5.41. The van der Waals surface area contributed by atoms with Crippen LogP contribution in [0.1, 0.15) is 62.3 Å². The summed E-state index contributed by atoms with van der Waals surface area (Å²) < 4.78 is 10.8. The minimum absolute atomic E-state index is 0.265. The molecule has 4 N–H and O–H groups in total. The highest BCUT2D eigenvalue weighted by Gasteiger charge is 2.28. The second kappa shape index (κ2) is 14.6. The Bertz CT molecular complexity index is 996. The number of hydrazine groups is 1. The van der Waals surface area contributed by atoms with E-state index in [4.69, 9.17) is 9.47 Å². The van der Waals surface area contributed by atoms with Gasteiger partial charge in [0.1, 0.15) is 23.6 Å². The maximum atomic E-state index is 12.9. The molecular formula is C28H38N4O6. The monoisotopic (exact) mass is 526 g/mol. The zero-order chi connectivity index (χ0) is 28.2. The van der Waals surface area contributed by atoms with Crippen LogP contribution >= 0.6 is 0 Å². The van der Waals surface area contributed by atoms with Crippen LogP contribution in [0.2, 0.25) is 0 Å². The van der Waals surface area contributed by atoms with Gasteiger partial charge in [0.2, 0.25) is 0 Å². The molecule has 0 fully saturated rings. The van der Waals surface area contributed by atoms with Crippen LogP contribution < -0.4 is 31.0 Å². The van der Waals surface area contributed by atoms with Crippen LogP contribution in [-0.4, -0.2) is 48.9 Å². The summed E-state index contributed by atoms with van der Waals surface area (Å²) in [5.74, 6) is -1.30. The topological polar surface area (TPSA) is 135 Å². The first-order valence-corrected chi connectivity index (χ1v) is 12.7. The fourth-order valence-electron chi connectivity index (χ4n) is 3.54. The van der Waals surface area contributed by atoms with Crippen molar-refractivity contribution in [1.29, 1.82) is 0 Å². The summed E-state index contributed by atoms with van der Waals surface area (Å²) in [6.07, 6.45) is 0. The minimum atomic E-state index is -0.912. The van der Waals surface area contributed by atoms with E-state index < -0.39 is 35.7 Å². The van der Waals surface area contributed by atoms with Gasteiger partial charge in [-0.05, 0) is 74.2 Å². The molecule has 0 saturated carbocycles. The van der Waals surface area contributed by atoms with Crippen molar-refractivity contribution < 1.29 is 28.7 Å². The predicted molar refractivity (Wildman–Crippen MR) is 144 cm³/mol. The van der Waals surface area contributed by atoms with E-state index in [1.165, 1.54) is 0 Å². The second-order valence-corrected chi connectivity index (χ2v) is 9.28.